The second-order valence-corrected chi connectivity index (χ2v) is 7.18. The molecule has 3 rings (SSSR count). The van der Waals surface area contributed by atoms with Crippen molar-refractivity contribution in [2.45, 2.75) is 52.2 Å². The largest absolute Gasteiger partial charge is 0.354 e. The van der Waals surface area contributed by atoms with Crippen molar-refractivity contribution < 1.29 is 0 Å². The van der Waals surface area contributed by atoms with Gasteiger partial charge in [0.1, 0.15) is 5.65 Å². The average Bonchev–Trinajstić information content (AvgIpc) is 3.00. The van der Waals surface area contributed by atoms with Crippen molar-refractivity contribution in [1.82, 2.24) is 24.9 Å². The summed E-state index contributed by atoms with van der Waals surface area (Å²) in [5, 5.41) is 6.95. The molecule has 0 aliphatic carbocycles. The van der Waals surface area contributed by atoms with Gasteiger partial charge in [-0.3, -0.25) is 4.99 Å². The maximum atomic E-state index is 4.67. The molecule has 136 valence electrons. The van der Waals surface area contributed by atoms with Crippen molar-refractivity contribution >= 4 is 11.6 Å². The van der Waals surface area contributed by atoms with E-state index in [0.717, 1.165) is 43.2 Å². The topological polar surface area (TPSA) is 57.0 Å². The molecule has 1 aliphatic rings. The minimum Gasteiger partial charge on any atom is -0.354 e. The maximum absolute atomic E-state index is 4.67. The van der Waals surface area contributed by atoms with Gasteiger partial charge in [0.15, 0.2) is 5.96 Å². The summed E-state index contributed by atoms with van der Waals surface area (Å²) in [5.74, 6) is 0.858. The van der Waals surface area contributed by atoms with Crippen molar-refractivity contribution in [2.75, 3.05) is 20.1 Å². The molecule has 1 fully saturated rings. The summed E-state index contributed by atoms with van der Waals surface area (Å²) < 4.78 is 2.06. The van der Waals surface area contributed by atoms with Gasteiger partial charge in [0.25, 0.3) is 0 Å². The smallest absolute Gasteiger partial charge is 0.191 e. The molecule has 25 heavy (non-hydrogen) atoms. The van der Waals surface area contributed by atoms with E-state index in [-0.39, 0.29) is 0 Å². The van der Waals surface area contributed by atoms with Crippen LogP contribution in [-0.4, -0.2) is 52.5 Å². The van der Waals surface area contributed by atoms with E-state index >= 15 is 0 Å². The fourth-order valence-electron chi connectivity index (χ4n) is 3.34. The highest BCUT2D eigenvalue weighted by atomic mass is 15.2. The molecule has 0 spiro atoms. The van der Waals surface area contributed by atoms with Crippen molar-refractivity contribution in [3.63, 3.8) is 0 Å². The fraction of sp³-hybridized carbons (Fsp3) is 0.579. The van der Waals surface area contributed by atoms with E-state index in [1.54, 1.807) is 0 Å². The fourth-order valence-corrected chi connectivity index (χ4v) is 3.34. The first-order chi connectivity index (χ1) is 12.0. The number of hydrogen-bond donors (Lipinski definition) is 2. The first-order valence-corrected chi connectivity index (χ1v) is 9.20. The number of rotatable bonds is 4. The van der Waals surface area contributed by atoms with E-state index < -0.39 is 0 Å². The highest BCUT2D eigenvalue weighted by molar-refractivity contribution is 5.79. The molecular weight excluding hydrogens is 312 g/mol. The molecule has 0 saturated carbocycles. The second kappa shape index (κ2) is 7.87. The number of aryl methyl sites for hydroxylation is 1. The highest BCUT2D eigenvalue weighted by Gasteiger charge is 2.21. The average molecular weight is 342 g/mol. The molecule has 3 heterocycles. The number of pyridine rings is 1. The number of likely N-dealkylation sites (tertiary alicyclic amines) is 1. The standard InChI is InChI=1S/C19H30N6/c1-14(2)24-9-6-16(7-10-24)23-19(20-4)21-12-17-13-25-8-5-15(3)11-18(25)22-17/h5,8,11,13-14,16H,6-7,9-10,12H2,1-4H3,(H2,20,21,23). The van der Waals surface area contributed by atoms with Crippen LogP contribution in [0.5, 0.6) is 0 Å². The monoisotopic (exact) mass is 342 g/mol. The lowest BCUT2D eigenvalue weighted by molar-refractivity contribution is 0.167. The number of hydrogen-bond acceptors (Lipinski definition) is 3. The van der Waals surface area contributed by atoms with E-state index in [1.165, 1.54) is 5.56 Å². The molecule has 6 heteroatoms. The van der Waals surface area contributed by atoms with E-state index in [0.29, 0.717) is 18.6 Å². The summed E-state index contributed by atoms with van der Waals surface area (Å²) in [4.78, 5) is 11.6. The third-order valence-corrected chi connectivity index (χ3v) is 4.93. The van der Waals surface area contributed by atoms with Crippen LogP contribution in [0.2, 0.25) is 0 Å². The number of guanidine groups is 1. The summed E-state index contributed by atoms with van der Waals surface area (Å²) in [6, 6.07) is 5.32. The Hall–Kier alpha value is -2.08. The predicted molar refractivity (Wildman–Crippen MR) is 103 cm³/mol. The summed E-state index contributed by atoms with van der Waals surface area (Å²) in [7, 11) is 1.83. The van der Waals surface area contributed by atoms with Crippen molar-refractivity contribution in [3.05, 3.63) is 35.8 Å². The van der Waals surface area contributed by atoms with Gasteiger partial charge in [-0.1, -0.05) is 0 Å². The maximum Gasteiger partial charge on any atom is 0.191 e. The molecule has 0 amide bonds. The number of piperidine rings is 1. The Morgan fingerprint density at radius 2 is 2.12 bits per heavy atom. The van der Waals surface area contributed by atoms with Crippen LogP contribution in [0.4, 0.5) is 0 Å². The van der Waals surface area contributed by atoms with E-state index in [1.807, 2.05) is 7.05 Å². The molecule has 1 aliphatic heterocycles. The molecule has 0 atom stereocenters. The van der Waals surface area contributed by atoms with Gasteiger partial charge in [0.05, 0.1) is 12.2 Å². The van der Waals surface area contributed by atoms with Gasteiger partial charge in [0, 0.05) is 44.6 Å². The Morgan fingerprint density at radius 3 is 2.80 bits per heavy atom. The number of aliphatic imine (C=N–C) groups is 1. The molecule has 0 bridgehead atoms. The Labute approximate surface area is 150 Å². The van der Waals surface area contributed by atoms with Gasteiger partial charge in [-0.05, 0) is 51.3 Å². The molecule has 0 radical (unpaired) electrons. The molecule has 0 unspecified atom stereocenters. The van der Waals surface area contributed by atoms with Crippen LogP contribution >= 0.6 is 0 Å². The van der Waals surface area contributed by atoms with Crippen LogP contribution in [0, 0.1) is 6.92 Å². The minimum atomic E-state index is 0.491. The number of nitrogens with zero attached hydrogens (tertiary/aromatic N) is 4. The van der Waals surface area contributed by atoms with Gasteiger partial charge < -0.3 is 19.9 Å². The van der Waals surface area contributed by atoms with Gasteiger partial charge in [-0.25, -0.2) is 4.98 Å². The highest BCUT2D eigenvalue weighted by Crippen LogP contribution is 2.13. The first-order valence-electron chi connectivity index (χ1n) is 9.20. The molecule has 2 aromatic heterocycles. The molecule has 1 saturated heterocycles. The molecular formula is C19H30N6. The van der Waals surface area contributed by atoms with Gasteiger partial charge in [-0.2, -0.15) is 0 Å². The van der Waals surface area contributed by atoms with E-state index in [9.17, 15) is 0 Å². The predicted octanol–water partition coefficient (Wildman–Crippen LogP) is 2.18. The zero-order valence-electron chi connectivity index (χ0n) is 15.8. The van der Waals surface area contributed by atoms with Crippen molar-refractivity contribution in [2.24, 2.45) is 4.99 Å². The summed E-state index contributed by atoms with van der Waals surface area (Å²) >= 11 is 0. The summed E-state index contributed by atoms with van der Waals surface area (Å²) in [5.41, 5.74) is 3.23. The lowest BCUT2D eigenvalue weighted by Gasteiger charge is -2.35. The lowest BCUT2D eigenvalue weighted by atomic mass is 10.0. The van der Waals surface area contributed by atoms with Gasteiger partial charge >= 0.3 is 0 Å². The van der Waals surface area contributed by atoms with E-state index in [4.69, 9.17) is 0 Å². The van der Waals surface area contributed by atoms with E-state index in [2.05, 4.69) is 75.2 Å². The zero-order valence-corrected chi connectivity index (χ0v) is 15.8. The third kappa shape index (κ3) is 4.51. The normalized spacial score (nSPS) is 17.4. The van der Waals surface area contributed by atoms with Crippen LogP contribution in [-0.2, 0) is 6.54 Å². The van der Waals surface area contributed by atoms with Crippen LogP contribution in [0.25, 0.3) is 5.65 Å². The zero-order chi connectivity index (χ0) is 17.8. The number of nitrogens with one attached hydrogen (secondary N) is 2. The number of aromatic nitrogens is 2. The SMILES string of the molecule is CN=C(NCc1cn2ccc(C)cc2n1)NC1CCN(C(C)C)CC1. The summed E-state index contributed by atoms with van der Waals surface area (Å²) in [6.07, 6.45) is 6.44. The number of imidazole rings is 1. The van der Waals surface area contributed by atoms with Crippen LogP contribution in [0.3, 0.4) is 0 Å². The Balaban J connectivity index is 1.52. The minimum absolute atomic E-state index is 0.491. The Kier molecular flexibility index (Phi) is 5.58. The summed E-state index contributed by atoms with van der Waals surface area (Å²) in [6.45, 7) is 9.60. The second-order valence-electron chi connectivity index (χ2n) is 7.18. The van der Waals surface area contributed by atoms with Crippen molar-refractivity contribution in [3.8, 4) is 0 Å². The first kappa shape index (κ1) is 17.7. The Morgan fingerprint density at radius 1 is 1.36 bits per heavy atom. The molecule has 2 N–H and O–H groups in total. The molecule has 6 nitrogen and oxygen atoms in total. The van der Waals surface area contributed by atoms with Crippen LogP contribution < -0.4 is 10.6 Å². The quantitative estimate of drug-likeness (QED) is 0.660. The third-order valence-electron chi connectivity index (χ3n) is 4.93. The van der Waals surface area contributed by atoms with Crippen LogP contribution in [0.15, 0.2) is 29.5 Å². The molecule has 2 aromatic rings. The van der Waals surface area contributed by atoms with Crippen LogP contribution in [0.1, 0.15) is 37.9 Å². The van der Waals surface area contributed by atoms with Gasteiger partial charge in [0.2, 0.25) is 0 Å². The van der Waals surface area contributed by atoms with Crippen molar-refractivity contribution in [1.29, 1.82) is 0 Å². The molecule has 0 aromatic carbocycles. The number of fused-ring (bicyclic) bond motifs is 1. The lowest BCUT2D eigenvalue weighted by Crippen LogP contribution is -2.49. The Bertz CT molecular complexity index is 725. The van der Waals surface area contributed by atoms with Gasteiger partial charge in [-0.15, -0.1) is 0 Å².